The first-order valence-corrected chi connectivity index (χ1v) is 4.47. The Balaban J connectivity index is 3.10. The third kappa shape index (κ3) is 2.28. The van der Waals surface area contributed by atoms with Crippen molar-refractivity contribution in [2.24, 2.45) is 0 Å². The molecule has 2 nitrogen and oxygen atoms in total. The molecule has 0 fully saturated rings. The molecule has 1 rings (SSSR count). The van der Waals surface area contributed by atoms with Crippen LogP contribution in [0, 0.1) is 12.7 Å². The van der Waals surface area contributed by atoms with Crippen LogP contribution in [0.4, 0.5) is 4.39 Å². The molecule has 0 heterocycles. The molecule has 0 unspecified atom stereocenters. The highest BCUT2D eigenvalue weighted by atomic mass is 79.9. The second-order valence-corrected chi connectivity index (χ2v) is 3.53. The van der Waals surface area contributed by atoms with Crippen LogP contribution in [-0.4, -0.2) is 11.1 Å². The van der Waals surface area contributed by atoms with E-state index in [1.807, 2.05) is 0 Å². The van der Waals surface area contributed by atoms with Crippen LogP contribution in [0.15, 0.2) is 16.6 Å². The molecule has 0 atom stereocenters. The van der Waals surface area contributed by atoms with Crippen molar-refractivity contribution in [3.05, 3.63) is 33.5 Å². The summed E-state index contributed by atoms with van der Waals surface area (Å²) in [6.07, 6.45) is -0.169. The van der Waals surface area contributed by atoms with Crippen LogP contribution < -0.4 is 0 Å². The number of rotatable bonds is 2. The molecule has 1 aromatic carbocycles. The number of carboxylic acid groups (broad SMARTS) is 1. The van der Waals surface area contributed by atoms with E-state index in [9.17, 15) is 9.18 Å². The molecule has 1 aromatic rings. The summed E-state index contributed by atoms with van der Waals surface area (Å²) in [6.45, 7) is 1.63. The van der Waals surface area contributed by atoms with Gasteiger partial charge in [0.1, 0.15) is 5.82 Å². The van der Waals surface area contributed by atoms with E-state index >= 15 is 0 Å². The van der Waals surface area contributed by atoms with Crippen molar-refractivity contribution in [3.63, 3.8) is 0 Å². The first kappa shape index (κ1) is 10.2. The smallest absolute Gasteiger partial charge is 0.307 e. The molecule has 0 saturated carbocycles. The number of aryl methyl sites for hydroxylation is 1. The maximum absolute atomic E-state index is 13.2. The maximum Gasteiger partial charge on any atom is 0.307 e. The standard InChI is InChI=1S/C9H8BrFO2/c1-5-2-3-6(4-7(12)13)8(10)9(5)11/h2-3H,4H2,1H3,(H,12,13). The molecule has 13 heavy (non-hydrogen) atoms. The second kappa shape index (κ2) is 3.87. The Morgan fingerprint density at radius 1 is 1.62 bits per heavy atom. The zero-order valence-electron chi connectivity index (χ0n) is 6.97. The topological polar surface area (TPSA) is 37.3 Å². The summed E-state index contributed by atoms with van der Waals surface area (Å²) in [7, 11) is 0. The van der Waals surface area contributed by atoms with Crippen molar-refractivity contribution in [1.29, 1.82) is 0 Å². The lowest BCUT2D eigenvalue weighted by atomic mass is 10.1. The van der Waals surface area contributed by atoms with Gasteiger partial charge in [-0.3, -0.25) is 4.79 Å². The predicted molar refractivity (Wildman–Crippen MR) is 50.2 cm³/mol. The molecule has 0 aromatic heterocycles. The van der Waals surface area contributed by atoms with Gasteiger partial charge in [-0.05, 0) is 34.0 Å². The van der Waals surface area contributed by atoms with Gasteiger partial charge in [0.25, 0.3) is 0 Å². The van der Waals surface area contributed by atoms with Gasteiger partial charge in [-0.2, -0.15) is 0 Å². The van der Waals surface area contributed by atoms with Gasteiger partial charge in [-0.1, -0.05) is 12.1 Å². The minimum absolute atomic E-state index is 0.169. The largest absolute Gasteiger partial charge is 0.481 e. The molecule has 0 radical (unpaired) electrons. The molecule has 0 aliphatic heterocycles. The predicted octanol–water partition coefficient (Wildman–Crippen LogP) is 2.52. The third-order valence-electron chi connectivity index (χ3n) is 1.70. The fourth-order valence-electron chi connectivity index (χ4n) is 0.985. The molecule has 0 aliphatic rings. The number of hydrogen-bond donors (Lipinski definition) is 1. The monoisotopic (exact) mass is 246 g/mol. The van der Waals surface area contributed by atoms with Gasteiger partial charge in [0.15, 0.2) is 0 Å². The summed E-state index contributed by atoms with van der Waals surface area (Å²) >= 11 is 3.02. The summed E-state index contributed by atoms with van der Waals surface area (Å²) in [6, 6.07) is 3.18. The Morgan fingerprint density at radius 2 is 2.23 bits per heavy atom. The maximum atomic E-state index is 13.2. The summed E-state index contributed by atoms with van der Waals surface area (Å²) in [5.74, 6) is -1.36. The molecular weight excluding hydrogens is 239 g/mol. The Labute approximate surface area is 83.5 Å². The van der Waals surface area contributed by atoms with Gasteiger partial charge >= 0.3 is 5.97 Å². The Kier molecular flexibility index (Phi) is 3.03. The number of aliphatic carboxylic acids is 1. The van der Waals surface area contributed by atoms with Crippen LogP contribution in [0.2, 0.25) is 0 Å². The van der Waals surface area contributed by atoms with Crippen molar-refractivity contribution < 1.29 is 14.3 Å². The molecule has 0 bridgehead atoms. The van der Waals surface area contributed by atoms with Crippen LogP contribution in [-0.2, 0) is 11.2 Å². The molecule has 70 valence electrons. The summed E-state index contributed by atoms with van der Waals surface area (Å²) in [5.41, 5.74) is 0.955. The fraction of sp³-hybridized carbons (Fsp3) is 0.222. The molecule has 0 aliphatic carbocycles. The SMILES string of the molecule is Cc1ccc(CC(=O)O)c(Br)c1F. The molecule has 0 amide bonds. The quantitative estimate of drug-likeness (QED) is 0.871. The summed E-state index contributed by atoms with van der Waals surface area (Å²) in [5, 5.41) is 8.51. The van der Waals surface area contributed by atoms with Crippen LogP contribution in [0.3, 0.4) is 0 Å². The van der Waals surface area contributed by atoms with Crippen molar-refractivity contribution in [2.45, 2.75) is 13.3 Å². The van der Waals surface area contributed by atoms with Gasteiger partial charge < -0.3 is 5.11 Å². The Hall–Kier alpha value is -0.900. The minimum atomic E-state index is -0.969. The Morgan fingerprint density at radius 3 is 2.77 bits per heavy atom. The zero-order chi connectivity index (χ0) is 10.0. The van der Waals surface area contributed by atoms with E-state index in [0.717, 1.165) is 0 Å². The molecular formula is C9H8BrFO2. The van der Waals surface area contributed by atoms with Gasteiger partial charge in [-0.15, -0.1) is 0 Å². The summed E-state index contributed by atoms with van der Waals surface area (Å²) < 4.78 is 13.4. The lowest BCUT2D eigenvalue weighted by Crippen LogP contribution is -2.02. The third-order valence-corrected chi connectivity index (χ3v) is 2.55. The lowest BCUT2D eigenvalue weighted by Gasteiger charge is -2.04. The van der Waals surface area contributed by atoms with E-state index < -0.39 is 11.8 Å². The van der Waals surface area contributed by atoms with Crippen LogP contribution >= 0.6 is 15.9 Å². The van der Waals surface area contributed by atoms with E-state index in [-0.39, 0.29) is 10.9 Å². The fourth-order valence-corrected chi connectivity index (χ4v) is 1.57. The second-order valence-electron chi connectivity index (χ2n) is 2.74. The van der Waals surface area contributed by atoms with Crippen LogP contribution in [0.5, 0.6) is 0 Å². The first-order valence-electron chi connectivity index (χ1n) is 3.67. The van der Waals surface area contributed by atoms with Crippen LogP contribution in [0.25, 0.3) is 0 Å². The minimum Gasteiger partial charge on any atom is -0.481 e. The summed E-state index contributed by atoms with van der Waals surface area (Å²) in [4.78, 5) is 10.4. The molecule has 4 heteroatoms. The zero-order valence-corrected chi connectivity index (χ0v) is 8.56. The van der Waals surface area contributed by atoms with Crippen molar-refractivity contribution in [3.8, 4) is 0 Å². The van der Waals surface area contributed by atoms with E-state index in [4.69, 9.17) is 5.11 Å². The van der Waals surface area contributed by atoms with Crippen LogP contribution in [0.1, 0.15) is 11.1 Å². The molecule has 1 N–H and O–H groups in total. The highest BCUT2D eigenvalue weighted by Gasteiger charge is 2.10. The normalized spacial score (nSPS) is 10.1. The van der Waals surface area contributed by atoms with Crippen molar-refractivity contribution in [1.82, 2.24) is 0 Å². The van der Waals surface area contributed by atoms with E-state index in [0.29, 0.717) is 11.1 Å². The number of benzene rings is 1. The van der Waals surface area contributed by atoms with Gasteiger partial charge in [-0.25, -0.2) is 4.39 Å². The average Bonchev–Trinajstić information content (AvgIpc) is 2.06. The van der Waals surface area contributed by atoms with E-state index in [1.165, 1.54) is 0 Å². The van der Waals surface area contributed by atoms with Gasteiger partial charge in [0.05, 0.1) is 10.9 Å². The Bertz CT molecular complexity index is 350. The number of carboxylic acids is 1. The number of hydrogen-bond acceptors (Lipinski definition) is 1. The first-order chi connectivity index (χ1) is 6.02. The van der Waals surface area contributed by atoms with Gasteiger partial charge in [0.2, 0.25) is 0 Å². The highest BCUT2D eigenvalue weighted by Crippen LogP contribution is 2.23. The van der Waals surface area contributed by atoms with Crippen molar-refractivity contribution in [2.75, 3.05) is 0 Å². The number of halogens is 2. The van der Waals surface area contributed by atoms with Gasteiger partial charge in [0, 0.05) is 0 Å². The highest BCUT2D eigenvalue weighted by molar-refractivity contribution is 9.10. The number of carbonyl (C=O) groups is 1. The average molecular weight is 247 g/mol. The van der Waals surface area contributed by atoms with Crippen molar-refractivity contribution >= 4 is 21.9 Å². The van der Waals surface area contributed by atoms with E-state index in [1.54, 1.807) is 19.1 Å². The molecule has 0 saturated heterocycles. The lowest BCUT2D eigenvalue weighted by molar-refractivity contribution is -0.136. The molecule has 0 spiro atoms. The van der Waals surface area contributed by atoms with E-state index in [2.05, 4.69) is 15.9 Å².